The van der Waals surface area contributed by atoms with Crippen molar-refractivity contribution < 1.29 is 18.0 Å². The van der Waals surface area contributed by atoms with E-state index in [4.69, 9.17) is 0 Å². The minimum atomic E-state index is -2.96. The predicted molar refractivity (Wildman–Crippen MR) is 58.5 cm³/mol. The summed E-state index contributed by atoms with van der Waals surface area (Å²) in [5.41, 5.74) is 0. The van der Waals surface area contributed by atoms with Crippen molar-refractivity contribution >= 4 is 22.7 Å². The molecule has 1 N–H and O–H groups in total. The molecule has 0 aromatic rings. The van der Waals surface area contributed by atoms with Crippen molar-refractivity contribution in [2.45, 2.75) is 18.9 Å². The quantitative estimate of drug-likeness (QED) is 0.451. The Balaban J connectivity index is 2.37. The van der Waals surface area contributed by atoms with Crippen LogP contribution in [0.5, 0.6) is 0 Å². The molecule has 1 rings (SSSR count). The maximum atomic E-state index is 11.2. The Morgan fingerprint density at radius 1 is 1.38 bits per heavy atom. The van der Waals surface area contributed by atoms with E-state index in [2.05, 4.69) is 5.32 Å². The highest BCUT2D eigenvalue weighted by molar-refractivity contribution is 7.91. The topological polar surface area (TPSA) is 83.6 Å². The summed E-state index contributed by atoms with van der Waals surface area (Å²) in [5.74, 6) is 0.224. The molecule has 1 fully saturated rings. The number of nitrogens with one attached hydrogen (secondary N) is 1. The molecule has 1 saturated heterocycles. The van der Waals surface area contributed by atoms with Gasteiger partial charge >= 0.3 is 0 Å². The molecule has 92 valence electrons. The van der Waals surface area contributed by atoms with Crippen LogP contribution in [0.1, 0.15) is 12.8 Å². The summed E-state index contributed by atoms with van der Waals surface area (Å²) < 4.78 is 22.5. The molecule has 1 aliphatic heterocycles. The van der Waals surface area contributed by atoms with E-state index in [9.17, 15) is 18.0 Å². The Hall–Kier alpha value is -1.11. The Labute approximate surface area is 94.9 Å². The summed E-state index contributed by atoms with van der Waals surface area (Å²) in [6.07, 6.45) is 2.44. The molecule has 1 atom stereocenters. The van der Waals surface area contributed by atoms with Gasteiger partial charge in [-0.05, 0) is 12.8 Å². The number of hydrogen-bond acceptors (Lipinski definition) is 4. The highest BCUT2D eigenvalue weighted by atomic mass is 32.2. The van der Waals surface area contributed by atoms with Gasteiger partial charge in [-0.25, -0.2) is 8.42 Å². The summed E-state index contributed by atoms with van der Waals surface area (Å²) >= 11 is 0. The zero-order chi connectivity index (χ0) is 12.0. The van der Waals surface area contributed by atoms with Crippen LogP contribution in [0.25, 0.3) is 0 Å². The van der Waals surface area contributed by atoms with E-state index in [-0.39, 0.29) is 17.5 Å². The Bertz CT molecular complexity index is 341. The molecular weight excluding hydrogens is 232 g/mol. The van der Waals surface area contributed by atoms with Crippen LogP contribution in [-0.4, -0.2) is 56.8 Å². The Morgan fingerprint density at radius 2 is 2.12 bits per heavy atom. The maximum absolute atomic E-state index is 11.2. The predicted octanol–water partition coefficient (Wildman–Crippen LogP) is -1.23. The largest absolute Gasteiger partial charge is 0.359 e. The van der Waals surface area contributed by atoms with Crippen molar-refractivity contribution in [2.75, 3.05) is 24.6 Å². The fraction of sp³-hybridized carbons (Fsp3) is 0.778. The monoisotopic (exact) mass is 248 g/mol. The highest BCUT2D eigenvalue weighted by Crippen LogP contribution is 2.16. The van der Waals surface area contributed by atoms with Crippen molar-refractivity contribution in [1.82, 2.24) is 10.2 Å². The number of sulfone groups is 1. The molecule has 1 unspecified atom stereocenters. The average molecular weight is 248 g/mol. The first kappa shape index (κ1) is 13.0. The number of carbonyl (C=O) groups excluding carboxylic acids is 2. The summed E-state index contributed by atoms with van der Waals surface area (Å²) in [4.78, 5) is 22.3. The molecule has 7 heteroatoms. The lowest BCUT2D eigenvalue weighted by molar-refractivity contribution is -0.119. The minimum Gasteiger partial charge on any atom is -0.359 e. The third-order valence-electron chi connectivity index (χ3n) is 2.63. The fourth-order valence-corrected chi connectivity index (χ4v) is 3.52. The molecule has 0 saturated carbocycles. The molecule has 1 aliphatic rings. The van der Waals surface area contributed by atoms with Gasteiger partial charge in [0.1, 0.15) is 0 Å². The first-order chi connectivity index (χ1) is 7.59. The molecule has 0 aromatic heterocycles. The van der Waals surface area contributed by atoms with Gasteiger partial charge in [0, 0.05) is 19.1 Å². The second-order valence-electron chi connectivity index (χ2n) is 3.83. The van der Waals surface area contributed by atoms with Crippen molar-refractivity contribution in [1.29, 1.82) is 0 Å². The van der Waals surface area contributed by atoms with Crippen LogP contribution in [0.4, 0.5) is 0 Å². The fourth-order valence-electron chi connectivity index (χ4n) is 1.78. The SMILES string of the molecule is O=CNCCCN(C=O)C1CCS(=O)(=O)C1. The highest BCUT2D eigenvalue weighted by Gasteiger charge is 2.31. The molecule has 0 bridgehead atoms. The van der Waals surface area contributed by atoms with Crippen LogP contribution >= 0.6 is 0 Å². The normalized spacial score (nSPS) is 22.6. The van der Waals surface area contributed by atoms with E-state index in [0.717, 1.165) is 0 Å². The van der Waals surface area contributed by atoms with Gasteiger partial charge in [-0.3, -0.25) is 9.59 Å². The lowest BCUT2D eigenvalue weighted by Crippen LogP contribution is -2.36. The van der Waals surface area contributed by atoms with Crippen molar-refractivity contribution in [3.8, 4) is 0 Å². The number of amides is 2. The average Bonchev–Trinajstić information content (AvgIpc) is 2.59. The molecule has 0 radical (unpaired) electrons. The molecule has 2 amide bonds. The van der Waals surface area contributed by atoms with Gasteiger partial charge in [0.2, 0.25) is 12.8 Å². The van der Waals surface area contributed by atoms with Crippen LogP contribution in [0.15, 0.2) is 0 Å². The first-order valence-corrected chi connectivity index (χ1v) is 6.99. The molecule has 16 heavy (non-hydrogen) atoms. The van der Waals surface area contributed by atoms with Gasteiger partial charge in [-0.2, -0.15) is 0 Å². The molecule has 0 aliphatic carbocycles. The van der Waals surface area contributed by atoms with Gasteiger partial charge in [0.15, 0.2) is 9.84 Å². The lowest BCUT2D eigenvalue weighted by atomic mass is 10.2. The van der Waals surface area contributed by atoms with Crippen LogP contribution in [0, 0.1) is 0 Å². The van der Waals surface area contributed by atoms with E-state index < -0.39 is 9.84 Å². The number of rotatable bonds is 7. The van der Waals surface area contributed by atoms with Crippen LogP contribution in [0.3, 0.4) is 0 Å². The third-order valence-corrected chi connectivity index (χ3v) is 4.38. The first-order valence-electron chi connectivity index (χ1n) is 5.17. The van der Waals surface area contributed by atoms with E-state index in [1.54, 1.807) is 0 Å². The Kier molecular flexibility index (Phi) is 4.72. The van der Waals surface area contributed by atoms with Crippen LogP contribution in [0.2, 0.25) is 0 Å². The summed E-state index contributed by atoms with van der Waals surface area (Å²) in [6.45, 7) is 0.970. The van der Waals surface area contributed by atoms with Crippen LogP contribution < -0.4 is 5.32 Å². The van der Waals surface area contributed by atoms with Gasteiger partial charge in [0.05, 0.1) is 11.5 Å². The second-order valence-corrected chi connectivity index (χ2v) is 6.05. The minimum absolute atomic E-state index is 0.0624. The number of hydrogen-bond donors (Lipinski definition) is 1. The van der Waals surface area contributed by atoms with Gasteiger partial charge in [0.25, 0.3) is 0 Å². The van der Waals surface area contributed by atoms with E-state index in [1.165, 1.54) is 4.90 Å². The molecule has 0 spiro atoms. The number of carbonyl (C=O) groups is 2. The van der Waals surface area contributed by atoms with Gasteiger partial charge in [-0.1, -0.05) is 0 Å². The van der Waals surface area contributed by atoms with Crippen molar-refractivity contribution in [3.05, 3.63) is 0 Å². The molecular formula is C9H16N2O4S. The lowest BCUT2D eigenvalue weighted by Gasteiger charge is -2.23. The standard InChI is InChI=1S/C9H16N2O4S/c12-7-10-3-1-4-11(8-13)9-2-5-16(14,15)6-9/h7-9H,1-6H2,(H,10,12). The molecule has 1 heterocycles. The van der Waals surface area contributed by atoms with Crippen molar-refractivity contribution in [3.63, 3.8) is 0 Å². The van der Waals surface area contributed by atoms with E-state index >= 15 is 0 Å². The summed E-state index contributed by atoms with van der Waals surface area (Å²) in [5, 5.41) is 2.49. The Morgan fingerprint density at radius 3 is 2.62 bits per heavy atom. The van der Waals surface area contributed by atoms with Gasteiger partial charge < -0.3 is 10.2 Å². The van der Waals surface area contributed by atoms with Gasteiger partial charge in [-0.15, -0.1) is 0 Å². The summed E-state index contributed by atoms with van der Waals surface area (Å²) in [6, 6.07) is -0.196. The molecule has 0 aromatic carbocycles. The third kappa shape index (κ3) is 3.80. The second kappa shape index (κ2) is 5.83. The van der Waals surface area contributed by atoms with Crippen LogP contribution in [-0.2, 0) is 19.4 Å². The smallest absolute Gasteiger partial charge is 0.209 e. The summed E-state index contributed by atoms with van der Waals surface area (Å²) in [7, 11) is -2.96. The number of nitrogens with zero attached hydrogens (tertiary/aromatic N) is 1. The van der Waals surface area contributed by atoms with E-state index in [0.29, 0.717) is 38.8 Å². The zero-order valence-electron chi connectivity index (χ0n) is 8.96. The van der Waals surface area contributed by atoms with Crippen molar-refractivity contribution in [2.24, 2.45) is 0 Å². The van der Waals surface area contributed by atoms with E-state index in [1.807, 2.05) is 0 Å². The zero-order valence-corrected chi connectivity index (χ0v) is 9.78. The maximum Gasteiger partial charge on any atom is 0.209 e. The molecule has 6 nitrogen and oxygen atoms in total.